The number of nitrogens with zero attached hydrogens (tertiary/aromatic N) is 1. The van der Waals surface area contributed by atoms with Gasteiger partial charge in [-0.15, -0.1) is 0 Å². The fourth-order valence-electron chi connectivity index (χ4n) is 2.76. The summed E-state index contributed by atoms with van der Waals surface area (Å²) in [6.45, 7) is 2.89. The number of carboxylic acid groups (broad SMARTS) is 1. The van der Waals surface area contributed by atoms with Crippen LogP contribution in [0.1, 0.15) is 39.0 Å². The number of carbonyl (C=O) groups is 2. The molecule has 2 unspecified atom stereocenters. The maximum Gasteiger partial charge on any atom is 0.317 e. The van der Waals surface area contributed by atoms with E-state index in [1.807, 2.05) is 0 Å². The molecule has 1 saturated carbocycles. The van der Waals surface area contributed by atoms with Gasteiger partial charge in [0.15, 0.2) is 0 Å². The van der Waals surface area contributed by atoms with Crippen LogP contribution in [0.5, 0.6) is 0 Å². The molecule has 5 nitrogen and oxygen atoms in total. The van der Waals surface area contributed by atoms with Crippen molar-refractivity contribution in [3.8, 4) is 0 Å². The van der Waals surface area contributed by atoms with Gasteiger partial charge in [-0.3, -0.25) is 4.79 Å². The number of likely N-dealkylation sites (tertiary alicyclic amines) is 1. The Balaban J connectivity index is 1.79. The van der Waals surface area contributed by atoms with Crippen molar-refractivity contribution < 1.29 is 14.7 Å². The maximum absolute atomic E-state index is 11.9. The number of carbonyl (C=O) groups excluding carboxylic acids is 1. The van der Waals surface area contributed by atoms with E-state index < -0.39 is 5.97 Å². The quantitative estimate of drug-likeness (QED) is 0.737. The molecule has 2 rings (SSSR count). The highest BCUT2D eigenvalue weighted by atomic mass is 16.4. The van der Waals surface area contributed by atoms with Gasteiger partial charge in [-0.1, -0.05) is 26.2 Å². The lowest BCUT2D eigenvalue weighted by Gasteiger charge is -2.38. The van der Waals surface area contributed by atoms with Gasteiger partial charge in [0.1, 0.15) is 0 Å². The van der Waals surface area contributed by atoms with Crippen molar-refractivity contribution in [1.82, 2.24) is 10.2 Å². The van der Waals surface area contributed by atoms with E-state index in [0.717, 1.165) is 6.42 Å². The van der Waals surface area contributed by atoms with Gasteiger partial charge in [-0.2, -0.15) is 0 Å². The molecule has 2 atom stereocenters. The lowest BCUT2D eigenvalue weighted by Crippen LogP contribution is -2.58. The van der Waals surface area contributed by atoms with Crippen molar-refractivity contribution in [3.63, 3.8) is 0 Å². The minimum atomic E-state index is -0.804. The summed E-state index contributed by atoms with van der Waals surface area (Å²) < 4.78 is 0. The van der Waals surface area contributed by atoms with Crippen molar-refractivity contribution in [3.05, 3.63) is 0 Å². The van der Waals surface area contributed by atoms with Crippen LogP contribution in [0.3, 0.4) is 0 Å². The zero-order valence-electron chi connectivity index (χ0n) is 10.9. The van der Waals surface area contributed by atoms with Gasteiger partial charge in [0.05, 0.1) is 5.92 Å². The fourth-order valence-corrected chi connectivity index (χ4v) is 2.76. The smallest absolute Gasteiger partial charge is 0.317 e. The lowest BCUT2D eigenvalue weighted by atomic mass is 9.96. The van der Waals surface area contributed by atoms with Gasteiger partial charge in [-0.05, 0) is 18.8 Å². The summed E-state index contributed by atoms with van der Waals surface area (Å²) in [7, 11) is 0. The van der Waals surface area contributed by atoms with E-state index in [9.17, 15) is 9.59 Å². The van der Waals surface area contributed by atoms with Crippen molar-refractivity contribution in [2.45, 2.75) is 45.1 Å². The van der Waals surface area contributed by atoms with Gasteiger partial charge in [0.25, 0.3) is 0 Å². The van der Waals surface area contributed by atoms with Crippen molar-refractivity contribution >= 4 is 12.0 Å². The molecule has 0 aromatic heterocycles. The van der Waals surface area contributed by atoms with Crippen molar-refractivity contribution in [1.29, 1.82) is 0 Å². The second-order valence-electron chi connectivity index (χ2n) is 5.61. The van der Waals surface area contributed by atoms with Gasteiger partial charge < -0.3 is 15.3 Å². The molecule has 1 aliphatic heterocycles. The number of hydrogen-bond donors (Lipinski definition) is 2. The van der Waals surface area contributed by atoms with Crippen LogP contribution in [0.25, 0.3) is 0 Å². The molecule has 0 radical (unpaired) electrons. The first kappa shape index (κ1) is 13.2. The van der Waals surface area contributed by atoms with Gasteiger partial charge in [0.2, 0.25) is 0 Å². The monoisotopic (exact) mass is 254 g/mol. The molecule has 5 heteroatoms. The summed E-state index contributed by atoms with van der Waals surface area (Å²) in [5.74, 6) is -0.655. The molecule has 102 valence electrons. The highest BCUT2D eigenvalue weighted by Crippen LogP contribution is 2.24. The Labute approximate surface area is 108 Å². The van der Waals surface area contributed by atoms with Crippen LogP contribution in [0.15, 0.2) is 0 Å². The topological polar surface area (TPSA) is 69.6 Å². The molecular weight excluding hydrogens is 232 g/mol. The Morgan fingerprint density at radius 3 is 2.50 bits per heavy atom. The first-order chi connectivity index (χ1) is 8.58. The molecule has 2 aliphatic rings. The van der Waals surface area contributed by atoms with Crippen LogP contribution in [0.4, 0.5) is 4.79 Å². The number of aliphatic carboxylic acids is 1. The molecule has 2 N–H and O–H groups in total. The summed E-state index contributed by atoms with van der Waals surface area (Å²) in [6.07, 6.45) is 5.89. The summed E-state index contributed by atoms with van der Waals surface area (Å²) >= 11 is 0. The predicted molar refractivity (Wildman–Crippen MR) is 67.3 cm³/mol. The van der Waals surface area contributed by atoms with E-state index in [1.54, 1.807) is 4.90 Å². The lowest BCUT2D eigenvalue weighted by molar-refractivity contribution is -0.146. The third-order valence-electron chi connectivity index (χ3n) is 4.19. The summed E-state index contributed by atoms with van der Waals surface area (Å²) in [5, 5.41) is 11.8. The molecule has 0 aromatic rings. The number of hydrogen-bond acceptors (Lipinski definition) is 2. The normalized spacial score (nSPS) is 29.3. The number of rotatable bonds is 2. The Morgan fingerprint density at radius 2 is 1.83 bits per heavy atom. The molecule has 18 heavy (non-hydrogen) atoms. The van der Waals surface area contributed by atoms with E-state index in [2.05, 4.69) is 12.2 Å². The summed E-state index contributed by atoms with van der Waals surface area (Å²) in [4.78, 5) is 24.2. The first-order valence-corrected chi connectivity index (χ1v) is 6.86. The first-order valence-electron chi connectivity index (χ1n) is 6.86. The second kappa shape index (κ2) is 5.59. The van der Waals surface area contributed by atoms with Crippen LogP contribution in [0, 0.1) is 11.8 Å². The molecule has 0 spiro atoms. The summed E-state index contributed by atoms with van der Waals surface area (Å²) in [6, 6.07) is 0.162. The van der Waals surface area contributed by atoms with E-state index >= 15 is 0 Å². The number of urea groups is 1. The van der Waals surface area contributed by atoms with Crippen LogP contribution in [-0.4, -0.2) is 41.1 Å². The van der Waals surface area contributed by atoms with Crippen molar-refractivity contribution in [2.75, 3.05) is 13.1 Å². The van der Waals surface area contributed by atoms with E-state index in [0.29, 0.717) is 19.0 Å². The van der Waals surface area contributed by atoms with Gasteiger partial charge >= 0.3 is 12.0 Å². The van der Waals surface area contributed by atoms with Crippen LogP contribution in [0.2, 0.25) is 0 Å². The average Bonchev–Trinajstić information content (AvgIpc) is 2.41. The number of nitrogens with one attached hydrogen (secondary N) is 1. The Bertz CT molecular complexity index is 326. The average molecular weight is 254 g/mol. The SMILES string of the molecule is CC1CCCCCC1NC(=O)N1CC(C(=O)O)C1. The molecule has 1 aliphatic carbocycles. The largest absolute Gasteiger partial charge is 0.481 e. The standard InChI is InChI=1S/C13H22N2O3/c1-9-5-3-2-4-6-11(9)14-13(18)15-7-10(8-15)12(16)17/h9-11H,2-8H2,1H3,(H,14,18)(H,16,17). The van der Waals surface area contributed by atoms with E-state index in [1.165, 1.54) is 25.7 Å². The van der Waals surface area contributed by atoms with Crippen molar-refractivity contribution in [2.24, 2.45) is 11.8 Å². The predicted octanol–water partition coefficient (Wildman–Crippen LogP) is 1.68. The van der Waals surface area contributed by atoms with Gasteiger partial charge in [-0.25, -0.2) is 4.79 Å². The van der Waals surface area contributed by atoms with E-state index in [-0.39, 0.29) is 18.0 Å². The number of carboxylic acids is 1. The minimum Gasteiger partial charge on any atom is -0.481 e. The zero-order valence-corrected chi connectivity index (χ0v) is 10.9. The second-order valence-corrected chi connectivity index (χ2v) is 5.61. The Hall–Kier alpha value is -1.26. The fraction of sp³-hybridized carbons (Fsp3) is 0.846. The maximum atomic E-state index is 11.9. The minimum absolute atomic E-state index is 0.0914. The Kier molecular flexibility index (Phi) is 4.09. The van der Waals surface area contributed by atoms with Crippen LogP contribution in [-0.2, 0) is 4.79 Å². The zero-order chi connectivity index (χ0) is 13.1. The molecule has 0 bridgehead atoms. The molecule has 2 fully saturated rings. The molecule has 0 aromatic carbocycles. The molecule has 1 saturated heterocycles. The highest BCUT2D eigenvalue weighted by molar-refractivity contribution is 5.79. The molecule has 2 amide bonds. The molecular formula is C13H22N2O3. The summed E-state index contributed by atoms with van der Waals surface area (Å²) in [5.41, 5.74) is 0. The number of amides is 2. The third kappa shape index (κ3) is 2.94. The van der Waals surface area contributed by atoms with Crippen LogP contribution >= 0.6 is 0 Å². The highest BCUT2D eigenvalue weighted by Gasteiger charge is 2.36. The van der Waals surface area contributed by atoms with Crippen LogP contribution < -0.4 is 5.32 Å². The third-order valence-corrected chi connectivity index (χ3v) is 4.19. The van der Waals surface area contributed by atoms with Gasteiger partial charge in [0, 0.05) is 19.1 Å². The Morgan fingerprint density at radius 1 is 1.17 bits per heavy atom. The van der Waals surface area contributed by atoms with E-state index in [4.69, 9.17) is 5.11 Å². The molecule has 1 heterocycles.